The average molecular weight is 164 g/mol. The first-order chi connectivity index (χ1) is 5.74. The van der Waals surface area contributed by atoms with Crippen LogP contribution in [0.4, 0.5) is 0 Å². The van der Waals surface area contributed by atoms with E-state index in [2.05, 4.69) is 0 Å². The summed E-state index contributed by atoms with van der Waals surface area (Å²) in [6.45, 7) is 0. The molecule has 1 N–H and O–H groups in total. The van der Waals surface area contributed by atoms with Crippen molar-refractivity contribution in [3.8, 4) is 0 Å². The molecule has 0 saturated heterocycles. The van der Waals surface area contributed by atoms with Crippen LogP contribution in [0.15, 0.2) is 0 Å². The normalized spacial score (nSPS) is 70.4. The molecule has 4 saturated carbocycles. The minimum Gasteiger partial charge on any atom is -0.392 e. The summed E-state index contributed by atoms with van der Waals surface area (Å²) in [5.74, 6) is 2.03. The lowest BCUT2D eigenvalue weighted by atomic mass is 9.61. The van der Waals surface area contributed by atoms with E-state index in [1.54, 1.807) is 0 Å². The van der Waals surface area contributed by atoms with Crippen LogP contribution in [-0.2, 0) is 4.79 Å². The summed E-state index contributed by atoms with van der Waals surface area (Å²) in [6, 6.07) is 0. The first-order valence-corrected chi connectivity index (χ1v) is 4.96. The molecule has 0 aliphatic heterocycles. The van der Waals surface area contributed by atoms with Crippen molar-refractivity contribution in [1.82, 2.24) is 0 Å². The van der Waals surface area contributed by atoms with Crippen LogP contribution in [0, 0.1) is 29.1 Å². The van der Waals surface area contributed by atoms with Gasteiger partial charge in [-0.1, -0.05) is 0 Å². The lowest BCUT2D eigenvalue weighted by molar-refractivity contribution is -0.128. The van der Waals surface area contributed by atoms with Crippen LogP contribution >= 0.6 is 0 Å². The molecule has 0 aromatic carbocycles. The quantitative estimate of drug-likeness (QED) is 0.569. The minimum atomic E-state index is -0.263. The zero-order chi connectivity index (χ0) is 8.09. The van der Waals surface area contributed by atoms with Gasteiger partial charge in [0.1, 0.15) is 5.78 Å². The number of aliphatic hydroxyl groups excluding tert-OH is 1. The zero-order valence-corrected chi connectivity index (χ0v) is 6.86. The highest BCUT2D eigenvalue weighted by Gasteiger charge is 2.78. The molecule has 4 rings (SSSR count). The summed E-state index contributed by atoms with van der Waals surface area (Å²) in [6.07, 6.45) is 3.09. The highest BCUT2D eigenvalue weighted by molar-refractivity contribution is 5.89. The fraction of sp³-hybridized carbons (Fsp3) is 0.900. The van der Waals surface area contributed by atoms with Crippen LogP contribution in [0.2, 0.25) is 0 Å². The molecule has 4 aliphatic carbocycles. The van der Waals surface area contributed by atoms with Crippen molar-refractivity contribution in [1.29, 1.82) is 0 Å². The maximum absolute atomic E-state index is 11.6. The topological polar surface area (TPSA) is 37.3 Å². The number of hydrogen-bond acceptors (Lipinski definition) is 2. The van der Waals surface area contributed by atoms with Gasteiger partial charge in [-0.05, 0) is 36.5 Å². The lowest BCUT2D eigenvalue weighted by Gasteiger charge is -2.42. The number of Topliss-reactive ketones (excluding diaryl/α,β-unsaturated/α-hetero) is 1. The van der Waals surface area contributed by atoms with E-state index in [1.807, 2.05) is 0 Å². The molecule has 12 heavy (non-hydrogen) atoms. The zero-order valence-electron chi connectivity index (χ0n) is 6.86. The molecular formula is C10H12O2. The smallest absolute Gasteiger partial charge is 0.141 e. The van der Waals surface area contributed by atoms with Gasteiger partial charge < -0.3 is 5.11 Å². The van der Waals surface area contributed by atoms with Gasteiger partial charge in [-0.3, -0.25) is 4.79 Å². The Balaban J connectivity index is 1.89. The van der Waals surface area contributed by atoms with Crippen LogP contribution in [-0.4, -0.2) is 17.0 Å². The summed E-state index contributed by atoms with van der Waals surface area (Å²) in [7, 11) is 0. The highest BCUT2D eigenvalue weighted by atomic mass is 16.3. The Labute approximate surface area is 71.0 Å². The number of aliphatic hydroxyl groups is 1. The predicted octanol–water partition coefficient (Wildman–Crippen LogP) is 0.592. The molecule has 64 valence electrons. The molecule has 2 heteroatoms. The second-order valence-electron chi connectivity index (χ2n) is 5.20. The second kappa shape index (κ2) is 1.39. The Kier molecular flexibility index (Phi) is 0.711. The van der Waals surface area contributed by atoms with E-state index in [4.69, 9.17) is 0 Å². The molecule has 6 unspecified atom stereocenters. The Morgan fingerprint density at radius 2 is 2.08 bits per heavy atom. The Morgan fingerprint density at radius 3 is 2.92 bits per heavy atom. The highest BCUT2D eigenvalue weighted by Crippen LogP contribution is 2.79. The Hall–Kier alpha value is -0.370. The third-order valence-corrected chi connectivity index (χ3v) is 5.07. The summed E-state index contributed by atoms with van der Waals surface area (Å²) in [5, 5.41) is 9.85. The van der Waals surface area contributed by atoms with Gasteiger partial charge in [0, 0.05) is 11.8 Å². The van der Waals surface area contributed by atoms with Gasteiger partial charge in [0.2, 0.25) is 0 Å². The lowest BCUT2D eigenvalue weighted by Crippen LogP contribution is -2.40. The fourth-order valence-corrected chi connectivity index (χ4v) is 4.37. The van der Waals surface area contributed by atoms with Crippen LogP contribution in [0.3, 0.4) is 0 Å². The van der Waals surface area contributed by atoms with Gasteiger partial charge in [-0.15, -0.1) is 0 Å². The molecule has 0 radical (unpaired) electrons. The van der Waals surface area contributed by atoms with Gasteiger partial charge in [0.05, 0.1) is 6.10 Å². The molecule has 2 nitrogen and oxygen atoms in total. The minimum absolute atomic E-state index is 0.0446. The van der Waals surface area contributed by atoms with Crippen molar-refractivity contribution >= 4 is 5.78 Å². The number of carbonyl (C=O) groups is 1. The van der Waals surface area contributed by atoms with E-state index < -0.39 is 0 Å². The standard InChI is InChI=1S/C10H12O2/c11-8-4-1-6-5(8)2-10(6)3-7(10)9(4)12/h4-7,9,12H,1-3H2. The molecule has 2 bridgehead atoms. The summed E-state index contributed by atoms with van der Waals surface area (Å²) in [4.78, 5) is 11.6. The largest absolute Gasteiger partial charge is 0.392 e. The third kappa shape index (κ3) is 0.377. The van der Waals surface area contributed by atoms with E-state index >= 15 is 0 Å². The van der Waals surface area contributed by atoms with Crippen molar-refractivity contribution in [3.63, 3.8) is 0 Å². The molecule has 4 fully saturated rings. The molecule has 4 aliphatic rings. The number of hydrogen-bond donors (Lipinski definition) is 1. The van der Waals surface area contributed by atoms with E-state index in [9.17, 15) is 9.90 Å². The number of carbonyl (C=O) groups excluding carboxylic acids is 1. The number of fused-ring (bicyclic) bond motifs is 1. The van der Waals surface area contributed by atoms with Gasteiger partial charge in [0.15, 0.2) is 0 Å². The van der Waals surface area contributed by atoms with Gasteiger partial charge in [0.25, 0.3) is 0 Å². The van der Waals surface area contributed by atoms with E-state index in [-0.39, 0.29) is 12.0 Å². The monoisotopic (exact) mass is 164 g/mol. The van der Waals surface area contributed by atoms with E-state index in [1.165, 1.54) is 6.42 Å². The molecule has 0 amide bonds. The van der Waals surface area contributed by atoms with Crippen LogP contribution < -0.4 is 0 Å². The van der Waals surface area contributed by atoms with Crippen LogP contribution in [0.1, 0.15) is 19.3 Å². The van der Waals surface area contributed by atoms with Crippen molar-refractivity contribution in [2.24, 2.45) is 29.1 Å². The molecular weight excluding hydrogens is 152 g/mol. The van der Waals surface area contributed by atoms with Gasteiger partial charge in [-0.25, -0.2) is 0 Å². The van der Waals surface area contributed by atoms with Crippen molar-refractivity contribution in [2.45, 2.75) is 25.4 Å². The van der Waals surface area contributed by atoms with Crippen molar-refractivity contribution < 1.29 is 9.90 Å². The molecule has 0 heterocycles. The predicted molar refractivity (Wildman–Crippen MR) is 41.3 cm³/mol. The number of ketones is 1. The fourth-order valence-electron chi connectivity index (χ4n) is 4.37. The van der Waals surface area contributed by atoms with Crippen LogP contribution in [0.25, 0.3) is 0 Å². The SMILES string of the molecule is O=C1C2CC3C1CC31CC1C2O. The average Bonchev–Trinajstić information content (AvgIpc) is 2.71. The third-order valence-electron chi connectivity index (χ3n) is 5.07. The molecule has 1 spiro atoms. The van der Waals surface area contributed by atoms with Crippen LogP contribution in [0.5, 0.6) is 0 Å². The van der Waals surface area contributed by atoms with Crippen molar-refractivity contribution in [2.75, 3.05) is 0 Å². The van der Waals surface area contributed by atoms with Crippen molar-refractivity contribution in [3.05, 3.63) is 0 Å². The van der Waals surface area contributed by atoms with E-state index in [0.717, 1.165) is 12.8 Å². The Morgan fingerprint density at radius 1 is 1.25 bits per heavy atom. The van der Waals surface area contributed by atoms with Gasteiger partial charge >= 0.3 is 0 Å². The maximum Gasteiger partial charge on any atom is 0.141 e. The maximum atomic E-state index is 11.6. The molecule has 0 aromatic heterocycles. The van der Waals surface area contributed by atoms with E-state index in [0.29, 0.717) is 29.0 Å². The molecule has 6 atom stereocenters. The summed E-state index contributed by atoms with van der Waals surface area (Å²) in [5.41, 5.74) is 0.479. The Bertz CT molecular complexity index is 298. The summed E-state index contributed by atoms with van der Waals surface area (Å²) >= 11 is 0. The molecule has 0 aromatic rings. The summed E-state index contributed by atoms with van der Waals surface area (Å²) < 4.78 is 0. The van der Waals surface area contributed by atoms with Gasteiger partial charge in [-0.2, -0.15) is 0 Å². The second-order valence-corrected chi connectivity index (χ2v) is 5.20. The number of rotatable bonds is 0. The first-order valence-electron chi connectivity index (χ1n) is 4.96. The first kappa shape index (κ1) is 6.14.